The first-order valence-electron chi connectivity index (χ1n) is 9.64. The Hall–Kier alpha value is -3.12. The number of fused-ring (bicyclic) bond motifs is 10. The quantitative estimate of drug-likeness (QED) is 0.289. The van der Waals surface area contributed by atoms with Gasteiger partial charge in [0.1, 0.15) is 0 Å². The summed E-state index contributed by atoms with van der Waals surface area (Å²) in [4.78, 5) is 0. The lowest BCUT2D eigenvalue weighted by molar-refractivity contribution is 0.792. The van der Waals surface area contributed by atoms with E-state index in [9.17, 15) is 0 Å². The van der Waals surface area contributed by atoms with Crippen molar-refractivity contribution in [1.82, 2.24) is 0 Å². The van der Waals surface area contributed by atoms with Crippen LogP contribution in [0.1, 0.15) is 33.4 Å². The van der Waals surface area contributed by atoms with Crippen molar-refractivity contribution < 1.29 is 0 Å². The molecule has 128 valence electrons. The molecule has 4 aromatic rings. The standard InChI is InChI=1S/C27H20/c1-17-14-15-20-19-9-3-5-11-22(19)27(25(20)16-17)23-12-6-4-10-21(23)26-18(2)8-7-13-24(26)27/h3-16H,1-2H3. The molecule has 0 saturated heterocycles. The molecule has 6 rings (SSSR count). The highest BCUT2D eigenvalue weighted by molar-refractivity contribution is 5.95. The highest BCUT2D eigenvalue weighted by atomic mass is 14.5. The molecule has 0 N–H and O–H groups in total. The topological polar surface area (TPSA) is 0 Å². The van der Waals surface area contributed by atoms with Crippen molar-refractivity contribution in [2.24, 2.45) is 0 Å². The molecule has 0 fully saturated rings. The average molecular weight is 344 g/mol. The van der Waals surface area contributed by atoms with E-state index in [2.05, 4.69) is 98.8 Å². The molecule has 0 radical (unpaired) electrons. The summed E-state index contributed by atoms with van der Waals surface area (Å²) >= 11 is 0. The first-order valence-corrected chi connectivity index (χ1v) is 9.64. The van der Waals surface area contributed by atoms with Gasteiger partial charge in [0.05, 0.1) is 5.41 Å². The summed E-state index contributed by atoms with van der Waals surface area (Å²) in [5.41, 5.74) is 13.7. The Bertz CT molecular complexity index is 1240. The Morgan fingerprint density at radius 1 is 0.519 bits per heavy atom. The molecule has 27 heavy (non-hydrogen) atoms. The summed E-state index contributed by atoms with van der Waals surface area (Å²) in [6.45, 7) is 4.45. The van der Waals surface area contributed by atoms with E-state index in [4.69, 9.17) is 0 Å². The maximum absolute atomic E-state index is 2.41. The number of benzene rings is 4. The van der Waals surface area contributed by atoms with Crippen LogP contribution in [-0.2, 0) is 5.41 Å². The minimum absolute atomic E-state index is 0.199. The second-order valence-electron chi connectivity index (χ2n) is 7.89. The van der Waals surface area contributed by atoms with E-state index in [-0.39, 0.29) is 5.41 Å². The second-order valence-corrected chi connectivity index (χ2v) is 7.89. The van der Waals surface area contributed by atoms with E-state index in [1.807, 2.05) is 0 Å². The lowest BCUT2D eigenvalue weighted by Gasteiger charge is -2.30. The zero-order valence-corrected chi connectivity index (χ0v) is 15.6. The Balaban J connectivity index is 1.89. The van der Waals surface area contributed by atoms with Gasteiger partial charge in [-0.2, -0.15) is 0 Å². The fraction of sp³-hybridized carbons (Fsp3) is 0.111. The highest BCUT2D eigenvalue weighted by Gasteiger charge is 2.51. The second kappa shape index (κ2) is 4.98. The zero-order valence-electron chi connectivity index (χ0n) is 15.6. The Labute approximate surface area is 160 Å². The molecule has 0 aliphatic heterocycles. The van der Waals surface area contributed by atoms with Crippen molar-refractivity contribution in [2.45, 2.75) is 19.3 Å². The van der Waals surface area contributed by atoms with Gasteiger partial charge in [-0.1, -0.05) is 90.5 Å². The normalized spacial score (nSPS) is 18.1. The molecule has 0 heterocycles. The van der Waals surface area contributed by atoms with Crippen LogP contribution in [0.4, 0.5) is 0 Å². The fourth-order valence-corrected chi connectivity index (χ4v) is 5.48. The maximum Gasteiger partial charge on any atom is 0.0725 e. The monoisotopic (exact) mass is 344 g/mol. The third-order valence-electron chi connectivity index (χ3n) is 6.48. The summed E-state index contributed by atoms with van der Waals surface area (Å²) in [6.07, 6.45) is 0. The van der Waals surface area contributed by atoms with Gasteiger partial charge >= 0.3 is 0 Å². The van der Waals surface area contributed by atoms with E-state index < -0.39 is 0 Å². The molecule has 2 aliphatic carbocycles. The smallest absolute Gasteiger partial charge is 0.0619 e. The fourth-order valence-electron chi connectivity index (χ4n) is 5.48. The van der Waals surface area contributed by atoms with Crippen LogP contribution in [-0.4, -0.2) is 0 Å². The van der Waals surface area contributed by atoms with Gasteiger partial charge in [0.2, 0.25) is 0 Å². The number of aryl methyl sites for hydroxylation is 2. The van der Waals surface area contributed by atoms with Crippen molar-refractivity contribution >= 4 is 0 Å². The molecule has 1 atom stereocenters. The van der Waals surface area contributed by atoms with Crippen LogP contribution >= 0.6 is 0 Å². The van der Waals surface area contributed by atoms with Gasteiger partial charge in [-0.15, -0.1) is 0 Å². The van der Waals surface area contributed by atoms with Crippen molar-refractivity contribution in [3.63, 3.8) is 0 Å². The molecule has 0 aromatic heterocycles. The summed E-state index contributed by atoms with van der Waals surface area (Å²) < 4.78 is 0. The van der Waals surface area contributed by atoms with Gasteiger partial charge in [0.15, 0.2) is 0 Å². The highest BCUT2D eigenvalue weighted by Crippen LogP contribution is 2.63. The Kier molecular flexibility index (Phi) is 2.77. The van der Waals surface area contributed by atoms with Gasteiger partial charge in [-0.25, -0.2) is 0 Å². The minimum atomic E-state index is -0.199. The lowest BCUT2D eigenvalue weighted by atomic mass is 9.70. The van der Waals surface area contributed by atoms with Gasteiger partial charge in [-0.3, -0.25) is 0 Å². The molecule has 2 aliphatic rings. The Morgan fingerprint density at radius 3 is 1.96 bits per heavy atom. The summed E-state index contributed by atoms with van der Waals surface area (Å²) in [6, 6.07) is 31.7. The molecule has 0 nitrogen and oxygen atoms in total. The average Bonchev–Trinajstić information content (AvgIpc) is 3.15. The van der Waals surface area contributed by atoms with Gasteiger partial charge in [0.25, 0.3) is 0 Å². The number of hydrogen-bond acceptors (Lipinski definition) is 0. The van der Waals surface area contributed by atoms with Crippen LogP contribution in [0.25, 0.3) is 22.3 Å². The number of rotatable bonds is 0. The van der Waals surface area contributed by atoms with E-state index in [0.29, 0.717) is 0 Å². The largest absolute Gasteiger partial charge is 0.0725 e. The first kappa shape index (κ1) is 15.0. The van der Waals surface area contributed by atoms with Crippen molar-refractivity contribution in [1.29, 1.82) is 0 Å². The molecule has 1 unspecified atom stereocenters. The van der Waals surface area contributed by atoms with Crippen LogP contribution in [0.2, 0.25) is 0 Å². The SMILES string of the molecule is Cc1ccc2c(c1)C1(c3ccccc3-2)c2ccccc2-c2c(C)cccc21. The first-order chi connectivity index (χ1) is 13.2. The molecular weight excluding hydrogens is 324 g/mol. The molecule has 0 saturated carbocycles. The summed E-state index contributed by atoms with van der Waals surface area (Å²) in [5, 5.41) is 0. The molecule has 1 spiro atoms. The van der Waals surface area contributed by atoms with E-state index >= 15 is 0 Å². The molecular formula is C27H20. The third-order valence-corrected chi connectivity index (χ3v) is 6.48. The van der Waals surface area contributed by atoms with Crippen LogP contribution in [0.5, 0.6) is 0 Å². The Morgan fingerprint density at radius 2 is 1.15 bits per heavy atom. The van der Waals surface area contributed by atoms with Crippen molar-refractivity contribution in [3.8, 4) is 22.3 Å². The van der Waals surface area contributed by atoms with Crippen molar-refractivity contribution in [2.75, 3.05) is 0 Å². The van der Waals surface area contributed by atoms with Crippen LogP contribution in [0, 0.1) is 13.8 Å². The minimum Gasteiger partial charge on any atom is -0.0619 e. The predicted octanol–water partition coefficient (Wildman–Crippen LogP) is 6.65. The van der Waals surface area contributed by atoms with Gasteiger partial charge < -0.3 is 0 Å². The summed E-state index contributed by atoms with van der Waals surface area (Å²) in [5.74, 6) is 0. The molecule has 4 aromatic carbocycles. The van der Waals surface area contributed by atoms with Gasteiger partial charge in [0, 0.05) is 0 Å². The van der Waals surface area contributed by atoms with E-state index in [1.54, 1.807) is 0 Å². The lowest BCUT2D eigenvalue weighted by Crippen LogP contribution is -2.25. The predicted molar refractivity (Wildman–Crippen MR) is 112 cm³/mol. The maximum atomic E-state index is 2.41. The van der Waals surface area contributed by atoms with Gasteiger partial charge in [-0.05, 0) is 63.9 Å². The molecule has 0 amide bonds. The zero-order chi connectivity index (χ0) is 18.2. The van der Waals surface area contributed by atoms with Crippen molar-refractivity contribution in [3.05, 3.63) is 118 Å². The van der Waals surface area contributed by atoms with Crippen LogP contribution < -0.4 is 0 Å². The van der Waals surface area contributed by atoms with Crippen LogP contribution in [0.3, 0.4) is 0 Å². The van der Waals surface area contributed by atoms with E-state index in [1.165, 1.54) is 55.6 Å². The molecule has 0 heteroatoms. The molecule has 0 bridgehead atoms. The van der Waals surface area contributed by atoms with Crippen LogP contribution in [0.15, 0.2) is 84.9 Å². The third kappa shape index (κ3) is 1.64. The summed E-state index contributed by atoms with van der Waals surface area (Å²) in [7, 11) is 0. The number of hydrogen-bond donors (Lipinski definition) is 0. The van der Waals surface area contributed by atoms with E-state index in [0.717, 1.165) is 0 Å².